The molecule has 5 rings (SSSR count). The van der Waals surface area contributed by atoms with Gasteiger partial charge in [0.1, 0.15) is 0 Å². The molecule has 6 heteroatoms. The van der Waals surface area contributed by atoms with Crippen LogP contribution in [0.25, 0.3) is 10.9 Å². The topological polar surface area (TPSA) is 52.7 Å². The molecule has 3 fully saturated rings. The Hall–Kier alpha value is -1.28. The van der Waals surface area contributed by atoms with E-state index < -0.39 is 0 Å². The zero-order valence-corrected chi connectivity index (χ0v) is 19.3. The summed E-state index contributed by atoms with van der Waals surface area (Å²) in [6, 6.07) is 6.66. The van der Waals surface area contributed by atoms with Crippen LogP contribution >= 0.6 is 24.0 Å². The van der Waals surface area contributed by atoms with E-state index in [1.165, 1.54) is 40.6 Å². The first kappa shape index (κ1) is 20.0. The third-order valence-corrected chi connectivity index (χ3v) is 6.87. The summed E-state index contributed by atoms with van der Waals surface area (Å²) in [7, 11) is 0. The van der Waals surface area contributed by atoms with Gasteiger partial charge in [-0.2, -0.15) is 0 Å². The van der Waals surface area contributed by atoms with Crippen LogP contribution in [0.15, 0.2) is 23.2 Å². The molecule has 4 heterocycles. The molecule has 1 aromatic carbocycles. The Kier molecular flexibility index (Phi) is 5.62. The smallest absolute Gasteiger partial charge is 0.194 e. The Labute approximate surface area is 184 Å². The van der Waals surface area contributed by atoms with E-state index in [2.05, 4.69) is 54.2 Å². The fraction of sp³-hybridized carbons (Fsp3) is 0.591. The zero-order valence-electron chi connectivity index (χ0n) is 17.0. The van der Waals surface area contributed by atoms with Crippen LogP contribution in [0, 0.1) is 25.7 Å². The molecule has 28 heavy (non-hydrogen) atoms. The number of nitrogens with zero attached hydrogens (tertiary/aromatic N) is 2. The fourth-order valence-electron chi connectivity index (χ4n) is 5.33. The maximum atomic E-state index is 6.12. The van der Waals surface area contributed by atoms with Crippen molar-refractivity contribution in [1.82, 2.24) is 15.2 Å². The van der Waals surface area contributed by atoms with E-state index in [9.17, 15) is 0 Å². The number of ether oxygens (including phenoxy) is 1. The maximum absolute atomic E-state index is 6.12. The SMILES string of the molecule is CCNC(=NCc1ccc2[nH]c(C)c(C)c2c1)N1CC2C3CCC(O3)C2C1.I. The van der Waals surface area contributed by atoms with Crippen molar-refractivity contribution >= 4 is 40.8 Å². The molecule has 0 amide bonds. The predicted octanol–water partition coefficient (Wildman–Crippen LogP) is 3.98. The normalized spacial score (nSPS) is 28.7. The van der Waals surface area contributed by atoms with Gasteiger partial charge in [0.05, 0.1) is 18.8 Å². The average Bonchev–Trinajstić information content (AvgIpc) is 3.41. The number of halogens is 1. The number of guanidine groups is 1. The number of fused-ring (bicyclic) bond motifs is 6. The van der Waals surface area contributed by atoms with E-state index in [4.69, 9.17) is 9.73 Å². The molecule has 2 N–H and O–H groups in total. The molecule has 0 spiro atoms. The van der Waals surface area contributed by atoms with Crippen LogP contribution in [-0.2, 0) is 11.3 Å². The molecule has 4 atom stereocenters. The second-order valence-electron chi connectivity index (χ2n) is 8.45. The first-order valence-electron chi connectivity index (χ1n) is 10.4. The molecule has 4 unspecified atom stereocenters. The minimum absolute atomic E-state index is 0. The lowest BCUT2D eigenvalue weighted by Gasteiger charge is -2.23. The molecule has 2 aromatic rings. The maximum Gasteiger partial charge on any atom is 0.194 e. The van der Waals surface area contributed by atoms with Crippen LogP contribution in [0.3, 0.4) is 0 Å². The fourth-order valence-corrected chi connectivity index (χ4v) is 5.33. The van der Waals surface area contributed by atoms with Gasteiger partial charge in [0, 0.05) is 48.1 Å². The third kappa shape index (κ3) is 3.32. The quantitative estimate of drug-likeness (QED) is 0.386. The third-order valence-electron chi connectivity index (χ3n) is 6.87. The highest BCUT2D eigenvalue weighted by molar-refractivity contribution is 14.0. The summed E-state index contributed by atoms with van der Waals surface area (Å²) >= 11 is 0. The van der Waals surface area contributed by atoms with Crippen molar-refractivity contribution in [2.45, 2.75) is 52.4 Å². The summed E-state index contributed by atoms with van der Waals surface area (Å²) < 4.78 is 6.12. The van der Waals surface area contributed by atoms with Crippen molar-refractivity contribution in [3.05, 3.63) is 35.0 Å². The van der Waals surface area contributed by atoms with E-state index in [1.54, 1.807) is 0 Å². The van der Waals surface area contributed by atoms with E-state index in [1.807, 2.05) is 0 Å². The lowest BCUT2D eigenvalue weighted by Crippen LogP contribution is -2.41. The Morgan fingerprint density at radius 2 is 1.93 bits per heavy atom. The van der Waals surface area contributed by atoms with E-state index in [-0.39, 0.29) is 24.0 Å². The second kappa shape index (κ2) is 7.86. The monoisotopic (exact) mass is 494 g/mol. The zero-order chi connectivity index (χ0) is 18.5. The van der Waals surface area contributed by atoms with Crippen LogP contribution in [0.4, 0.5) is 0 Å². The Bertz CT molecular complexity index is 874. The molecule has 1 aromatic heterocycles. The number of aromatic nitrogens is 1. The van der Waals surface area contributed by atoms with Crippen molar-refractivity contribution < 1.29 is 4.74 Å². The predicted molar refractivity (Wildman–Crippen MR) is 124 cm³/mol. The minimum atomic E-state index is 0. The number of aromatic amines is 1. The van der Waals surface area contributed by atoms with Gasteiger partial charge in [-0.1, -0.05) is 6.07 Å². The lowest BCUT2D eigenvalue weighted by molar-refractivity contribution is 0.0767. The van der Waals surface area contributed by atoms with Crippen molar-refractivity contribution in [1.29, 1.82) is 0 Å². The van der Waals surface area contributed by atoms with E-state index in [0.29, 0.717) is 24.0 Å². The standard InChI is InChI=1S/C22H30N4O.HI/c1-4-23-22(26-11-17-18(12-26)21-8-7-20(17)27-21)24-10-15-5-6-19-16(9-15)13(2)14(3)25-19;/h5-6,9,17-18,20-21,25H,4,7-8,10-12H2,1-3H3,(H,23,24);1H. The van der Waals surface area contributed by atoms with Gasteiger partial charge < -0.3 is 19.9 Å². The van der Waals surface area contributed by atoms with Gasteiger partial charge in [-0.05, 0) is 56.9 Å². The second-order valence-corrected chi connectivity index (χ2v) is 8.45. The van der Waals surface area contributed by atoms with Crippen LogP contribution in [0.1, 0.15) is 36.6 Å². The molecule has 5 nitrogen and oxygen atoms in total. The first-order valence-corrected chi connectivity index (χ1v) is 10.4. The molecule has 3 saturated heterocycles. The van der Waals surface area contributed by atoms with Gasteiger partial charge in [0.2, 0.25) is 0 Å². The summed E-state index contributed by atoms with van der Waals surface area (Å²) in [6.07, 6.45) is 3.50. The number of benzene rings is 1. The molecule has 0 aliphatic carbocycles. The van der Waals surface area contributed by atoms with Gasteiger partial charge in [-0.3, -0.25) is 0 Å². The number of aliphatic imine (C=N–C) groups is 1. The van der Waals surface area contributed by atoms with Crippen LogP contribution in [0.2, 0.25) is 0 Å². The number of H-pyrrole nitrogens is 1. The van der Waals surface area contributed by atoms with Gasteiger partial charge in [-0.15, -0.1) is 24.0 Å². The molecular weight excluding hydrogens is 463 g/mol. The lowest BCUT2D eigenvalue weighted by atomic mass is 9.82. The van der Waals surface area contributed by atoms with Gasteiger partial charge in [0.15, 0.2) is 5.96 Å². The number of hydrogen-bond acceptors (Lipinski definition) is 2. The van der Waals surface area contributed by atoms with Crippen molar-refractivity contribution in [2.24, 2.45) is 16.8 Å². The van der Waals surface area contributed by atoms with Crippen molar-refractivity contribution in [2.75, 3.05) is 19.6 Å². The van der Waals surface area contributed by atoms with E-state index >= 15 is 0 Å². The van der Waals surface area contributed by atoms with Crippen LogP contribution < -0.4 is 5.32 Å². The minimum Gasteiger partial charge on any atom is -0.374 e. The number of nitrogens with one attached hydrogen (secondary N) is 2. The summed E-state index contributed by atoms with van der Waals surface area (Å²) in [6.45, 7) is 10.3. The van der Waals surface area contributed by atoms with Gasteiger partial charge in [0.25, 0.3) is 0 Å². The highest BCUT2D eigenvalue weighted by Gasteiger charge is 2.53. The molecule has 0 radical (unpaired) electrons. The van der Waals surface area contributed by atoms with Gasteiger partial charge >= 0.3 is 0 Å². The molecule has 3 aliphatic heterocycles. The molecule has 152 valence electrons. The Balaban J connectivity index is 0.00000192. The highest BCUT2D eigenvalue weighted by Crippen LogP contribution is 2.47. The first-order chi connectivity index (χ1) is 13.1. The van der Waals surface area contributed by atoms with Crippen LogP contribution in [-0.4, -0.2) is 47.7 Å². The molecule has 3 aliphatic rings. The number of hydrogen-bond donors (Lipinski definition) is 2. The van der Waals surface area contributed by atoms with E-state index in [0.717, 1.165) is 32.1 Å². The summed E-state index contributed by atoms with van der Waals surface area (Å²) in [5, 5.41) is 4.83. The van der Waals surface area contributed by atoms with Gasteiger partial charge in [-0.25, -0.2) is 4.99 Å². The number of likely N-dealkylation sites (tertiary alicyclic amines) is 1. The largest absolute Gasteiger partial charge is 0.374 e. The number of rotatable bonds is 3. The van der Waals surface area contributed by atoms with Crippen molar-refractivity contribution in [3.63, 3.8) is 0 Å². The summed E-state index contributed by atoms with van der Waals surface area (Å²) in [5.74, 6) is 2.47. The van der Waals surface area contributed by atoms with Crippen LogP contribution in [0.5, 0.6) is 0 Å². The molecular formula is C22H31IN4O. The molecule has 2 bridgehead atoms. The molecule has 0 saturated carbocycles. The number of aryl methyl sites for hydroxylation is 2. The highest BCUT2D eigenvalue weighted by atomic mass is 127. The Morgan fingerprint density at radius 3 is 2.61 bits per heavy atom. The Morgan fingerprint density at radius 1 is 1.21 bits per heavy atom. The summed E-state index contributed by atoms with van der Waals surface area (Å²) in [4.78, 5) is 10.9. The summed E-state index contributed by atoms with van der Waals surface area (Å²) in [5.41, 5.74) is 5.07. The average molecular weight is 494 g/mol. The van der Waals surface area contributed by atoms with Crippen molar-refractivity contribution in [3.8, 4) is 0 Å².